The van der Waals surface area contributed by atoms with Crippen molar-refractivity contribution < 1.29 is 13.9 Å². The molecule has 0 aromatic heterocycles. The molecule has 0 fully saturated rings. The minimum Gasteiger partial charge on any atom is -0.505 e. The van der Waals surface area contributed by atoms with E-state index in [1.165, 1.54) is 6.07 Å². The van der Waals surface area contributed by atoms with Gasteiger partial charge < -0.3 is 16.6 Å². The Morgan fingerprint density at radius 2 is 2.00 bits per heavy atom. The molecule has 72 valence electrons. The third-order valence-electron chi connectivity index (χ3n) is 1.75. The molecule has 0 aliphatic heterocycles. The molecular weight excluding hydrogens is 178 g/mol. The molecule has 0 bridgehead atoms. The summed E-state index contributed by atoms with van der Waals surface area (Å²) in [5.41, 5.74) is 10.8. The molecule has 3 nitrogen and oxygen atoms in total. The van der Waals surface area contributed by atoms with E-state index in [0.717, 1.165) is 6.07 Å². The van der Waals surface area contributed by atoms with Gasteiger partial charge in [0, 0.05) is 18.2 Å². The molecule has 0 spiro atoms. The Morgan fingerprint density at radius 1 is 1.38 bits per heavy atom. The van der Waals surface area contributed by atoms with Gasteiger partial charge >= 0.3 is 0 Å². The van der Waals surface area contributed by atoms with Crippen LogP contribution in [0.5, 0.6) is 5.75 Å². The minimum absolute atomic E-state index is 0.0542. The molecule has 0 aliphatic carbocycles. The van der Waals surface area contributed by atoms with E-state index >= 15 is 0 Å². The van der Waals surface area contributed by atoms with Crippen LogP contribution in [0.25, 0.3) is 0 Å². The highest BCUT2D eigenvalue weighted by atomic mass is 19.2. The first-order valence-corrected chi connectivity index (χ1v) is 3.70. The summed E-state index contributed by atoms with van der Waals surface area (Å²) in [7, 11) is 0. The second-order valence-corrected chi connectivity index (χ2v) is 2.64. The molecule has 13 heavy (non-hydrogen) atoms. The molecule has 1 aromatic rings. The predicted octanol–water partition coefficient (Wildman–Crippen LogP) is 0.629. The first kappa shape index (κ1) is 9.88. The molecule has 5 N–H and O–H groups in total. The fourth-order valence-corrected chi connectivity index (χ4v) is 0.981. The van der Waals surface area contributed by atoms with Crippen molar-refractivity contribution in [1.82, 2.24) is 0 Å². The van der Waals surface area contributed by atoms with Crippen LogP contribution in [0, 0.1) is 11.6 Å². The molecule has 5 heteroatoms. The SMILES string of the molecule is NC[C@@H](N)c1ccc(F)c(F)c1O. The Morgan fingerprint density at radius 3 is 2.54 bits per heavy atom. The molecule has 0 amide bonds. The number of aromatic hydroxyl groups is 1. The summed E-state index contributed by atoms with van der Waals surface area (Å²) in [4.78, 5) is 0. The van der Waals surface area contributed by atoms with Gasteiger partial charge in [0.05, 0.1) is 0 Å². The lowest BCUT2D eigenvalue weighted by Gasteiger charge is -2.11. The average molecular weight is 188 g/mol. The monoisotopic (exact) mass is 188 g/mol. The van der Waals surface area contributed by atoms with Gasteiger partial charge in [0.15, 0.2) is 11.6 Å². The second kappa shape index (κ2) is 3.68. The number of phenols is 1. The molecule has 0 radical (unpaired) electrons. The molecule has 1 rings (SSSR count). The first-order valence-electron chi connectivity index (χ1n) is 3.70. The average Bonchev–Trinajstić information content (AvgIpc) is 2.13. The van der Waals surface area contributed by atoms with Gasteiger partial charge in [0.25, 0.3) is 0 Å². The Balaban J connectivity index is 3.18. The van der Waals surface area contributed by atoms with Crippen molar-refractivity contribution in [2.45, 2.75) is 6.04 Å². The van der Waals surface area contributed by atoms with Gasteiger partial charge in [-0.05, 0) is 6.07 Å². The van der Waals surface area contributed by atoms with Crippen molar-refractivity contribution in [2.75, 3.05) is 6.54 Å². The molecule has 1 aromatic carbocycles. The van der Waals surface area contributed by atoms with Crippen LogP contribution in [0.3, 0.4) is 0 Å². The zero-order valence-corrected chi connectivity index (χ0v) is 6.80. The van der Waals surface area contributed by atoms with Crippen molar-refractivity contribution >= 4 is 0 Å². The third-order valence-corrected chi connectivity index (χ3v) is 1.75. The number of hydrogen-bond donors (Lipinski definition) is 3. The van der Waals surface area contributed by atoms with Crippen LogP contribution in [0.2, 0.25) is 0 Å². The smallest absolute Gasteiger partial charge is 0.200 e. The fraction of sp³-hybridized carbons (Fsp3) is 0.250. The Labute approximate surface area is 74.0 Å². The van der Waals surface area contributed by atoms with E-state index in [-0.39, 0.29) is 12.1 Å². The van der Waals surface area contributed by atoms with E-state index < -0.39 is 23.4 Å². The van der Waals surface area contributed by atoms with E-state index in [0.29, 0.717) is 0 Å². The molecule has 0 unspecified atom stereocenters. The summed E-state index contributed by atoms with van der Waals surface area (Å²) in [6.07, 6.45) is 0. The van der Waals surface area contributed by atoms with E-state index in [1.807, 2.05) is 0 Å². The van der Waals surface area contributed by atoms with Gasteiger partial charge in [0.2, 0.25) is 5.82 Å². The van der Waals surface area contributed by atoms with Crippen LogP contribution < -0.4 is 11.5 Å². The van der Waals surface area contributed by atoms with Crippen LogP contribution in [0.1, 0.15) is 11.6 Å². The van der Waals surface area contributed by atoms with E-state index in [1.54, 1.807) is 0 Å². The maximum Gasteiger partial charge on any atom is 0.200 e. The van der Waals surface area contributed by atoms with Gasteiger partial charge in [0.1, 0.15) is 0 Å². The van der Waals surface area contributed by atoms with Crippen molar-refractivity contribution in [3.8, 4) is 5.75 Å². The van der Waals surface area contributed by atoms with Crippen molar-refractivity contribution in [2.24, 2.45) is 11.5 Å². The normalized spacial score (nSPS) is 12.9. The van der Waals surface area contributed by atoms with Crippen molar-refractivity contribution in [3.63, 3.8) is 0 Å². The van der Waals surface area contributed by atoms with Gasteiger partial charge in [-0.1, -0.05) is 6.07 Å². The number of halogens is 2. The molecule has 0 saturated heterocycles. The zero-order chi connectivity index (χ0) is 10.0. The second-order valence-electron chi connectivity index (χ2n) is 2.64. The fourth-order valence-electron chi connectivity index (χ4n) is 0.981. The Kier molecular flexibility index (Phi) is 2.79. The highest BCUT2D eigenvalue weighted by Crippen LogP contribution is 2.26. The molecule has 0 aliphatic rings. The summed E-state index contributed by atoms with van der Waals surface area (Å²) >= 11 is 0. The minimum atomic E-state index is -1.29. The van der Waals surface area contributed by atoms with Gasteiger partial charge in [-0.15, -0.1) is 0 Å². The predicted molar refractivity (Wildman–Crippen MR) is 44.0 cm³/mol. The van der Waals surface area contributed by atoms with Gasteiger partial charge in [-0.3, -0.25) is 0 Å². The van der Waals surface area contributed by atoms with Gasteiger partial charge in [-0.25, -0.2) is 4.39 Å². The third kappa shape index (κ3) is 1.76. The molecule has 0 saturated carbocycles. The van der Waals surface area contributed by atoms with Crippen LogP contribution in [-0.2, 0) is 0 Å². The lowest BCUT2D eigenvalue weighted by molar-refractivity contribution is 0.397. The van der Waals surface area contributed by atoms with Crippen LogP contribution in [-0.4, -0.2) is 11.7 Å². The summed E-state index contributed by atoms with van der Waals surface area (Å²) in [6, 6.07) is 1.43. The molecule has 0 heterocycles. The highest BCUT2D eigenvalue weighted by molar-refractivity contribution is 5.36. The number of rotatable bonds is 2. The lowest BCUT2D eigenvalue weighted by Crippen LogP contribution is -2.21. The quantitative estimate of drug-likeness (QED) is 0.637. The van der Waals surface area contributed by atoms with Crippen molar-refractivity contribution in [3.05, 3.63) is 29.3 Å². The first-order chi connectivity index (χ1) is 6.07. The number of phenolic OH excluding ortho intramolecular Hbond substituents is 1. The van der Waals surface area contributed by atoms with Crippen molar-refractivity contribution in [1.29, 1.82) is 0 Å². The lowest BCUT2D eigenvalue weighted by atomic mass is 10.1. The Hall–Kier alpha value is -1.20. The summed E-state index contributed by atoms with van der Waals surface area (Å²) in [5, 5.41) is 9.13. The summed E-state index contributed by atoms with van der Waals surface area (Å²) < 4.78 is 25.3. The standard InChI is InChI=1S/C8H10F2N2O/c9-5-2-1-4(6(12)3-11)8(13)7(5)10/h1-2,6,13H,3,11-12H2/t6-/m1/s1. The van der Waals surface area contributed by atoms with Crippen LogP contribution in [0.15, 0.2) is 12.1 Å². The number of nitrogens with two attached hydrogens (primary N) is 2. The Bertz CT molecular complexity index is 317. The topological polar surface area (TPSA) is 72.3 Å². The van der Waals surface area contributed by atoms with Crippen LogP contribution in [0.4, 0.5) is 8.78 Å². The van der Waals surface area contributed by atoms with Gasteiger partial charge in [-0.2, -0.15) is 4.39 Å². The summed E-state index contributed by atoms with van der Waals surface area (Å²) in [5.74, 6) is -3.16. The number of hydrogen-bond acceptors (Lipinski definition) is 3. The van der Waals surface area contributed by atoms with E-state index in [4.69, 9.17) is 16.6 Å². The van der Waals surface area contributed by atoms with E-state index in [2.05, 4.69) is 0 Å². The molecular formula is C8H10F2N2O. The number of benzene rings is 1. The maximum absolute atomic E-state index is 12.8. The van der Waals surface area contributed by atoms with E-state index in [9.17, 15) is 8.78 Å². The summed E-state index contributed by atoms with van der Waals surface area (Å²) in [6.45, 7) is 0.0542. The highest BCUT2D eigenvalue weighted by Gasteiger charge is 2.16. The molecule has 1 atom stereocenters. The maximum atomic E-state index is 12.8. The zero-order valence-electron chi connectivity index (χ0n) is 6.80. The van der Waals surface area contributed by atoms with Crippen LogP contribution >= 0.6 is 0 Å². The largest absolute Gasteiger partial charge is 0.505 e.